The molecule has 2 rings (SSSR count). The molecule has 0 aromatic heterocycles. The molecule has 0 saturated carbocycles. The van der Waals surface area contributed by atoms with Crippen molar-refractivity contribution in [2.45, 2.75) is 19.4 Å². The maximum atomic E-state index is 12.5. The molecule has 0 aliphatic heterocycles. The van der Waals surface area contributed by atoms with Crippen LogP contribution in [0.3, 0.4) is 0 Å². The topological polar surface area (TPSA) is 41.1 Å². The summed E-state index contributed by atoms with van der Waals surface area (Å²) in [4.78, 5) is 12.5. The van der Waals surface area contributed by atoms with Gasteiger partial charge in [-0.15, -0.1) is 0 Å². The highest BCUT2D eigenvalue weighted by atomic mass is 35.5. The first-order valence-corrected chi connectivity index (χ1v) is 7.36. The van der Waals surface area contributed by atoms with Gasteiger partial charge in [-0.1, -0.05) is 48.9 Å². The van der Waals surface area contributed by atoms with E-state index in [4.69, 9.17) is 11.6 Å². The van der Waals surface area contributed by atoms with Crippen LogP contribution in [0.15, 0.2) is 48.5 Å². The summed E-state index contributed by atoms with van der Waals surface area (Å²) < 4.78 is 0. The standard InChI is InChI=1S/C17H19ClN2O/c1-3-15(12-7-5-4-6-8-12)20-17(21)14-11-13(18)9-10-16(14)19-2/h4-11,15,19H,3H2,1-2H3,(H,20,21). The van der Waals surface area contributed by atoms with Gasteiger partial charge in [0, 0.05) is 17.8 Å². The van der Waals surface area contributed by atoms with E-state index in [0.29, 0.717) is 10.6 Å². The van der Waals surface area contributed by atoms with E-state index in [9.17, 15) is 4.79 Å². The summed E-state index contributed by atoms with van der Waals surface area (Å²) >= 11 is 6.00. The van der Waals surface area contributed by atoms with Crippen LogP contribution in [-0.2, 0) is 0 Å². The average molecular weight is 303 g/mol. The summed E-state index contributed by atoms with van der Waals surface area (Å²) in [6.07, 6.45) is 0.825. The van der Waals surface area contributed by atoms with E-state index in [1.807, 2.05) is 30.3 Å². The molecule has 2 N–H and O–H groups in total. The van der Waals surface area contributed by atoms with Crippen molar-refractivity contribution in [3.8, 4) is 0 Å². The number of amides is 1. The van der Waals surface area contributed by atoms with Crippen molar-refractivity contribution in [3.05, 3.63) is 64.7 Å². The van der Waals surface area contributed by atoms with Crippen molar-refractivity contribution in [3.63, 3.8) is 0 Å². The van der Waals surface area contributed by atoms with Crippen molar-refractivity contribution in [2.75, 3.05) is 12.4 Å². The fraction of sp³-hybridized carbons (Fsp3) is 0.235. The number of carbonyl (C=O) groups excluding carboxylic acids is 1. The summed E-state index contributed by atoms with van der Waals surface area (Å²) in [6, 6.07) is 15.2. The minimum absolute atomic E-state index is 0.0117. The third kappa shape index (κ3) is 3.76. The Labute approximate surface area is 130 Å². The minimum atomic E-state index is -0.127. The Bertz CT molecular complexity index is 613. The molecular weight excluding hydrogens is 284 g/mol. The number of carbonyl (C=O) groups is 1. The molecule has 0 spiro atoms. The predicted octanol–water partition coefficient (Wildman–Crippen LogP) is 4.26. The van der Waals surface area contributed by atoms with Gasteiger partial charge in [0.05, 0.1) is 11.6 Å². The largest absolute Gasteiger partial charge is 0.387 e. The Hall–Kier alpha value is -2.00. The molecule has 1 unspecified atom stereocenters. The average Bonchev–Trinajstić information content (AvgIpc) is 2.53. The van der Waals surface area contributed by atoms with Gasteiger partial charge >= 0.3 is 0 Å². The molecule has 0 bridgehead atoms. The highest BCUT2D eigenvalue weighted by molar-refractivity contribution is 6.31. The molecule has 0 saturated heterocycles. The van der Waals surface area contributed by atoms with E-state index in [1.54, 1.807) is 25.2 Å². The first-order valence-electron chi connectivity index (χ1n) is 6.98. The van der Waals surface area contributed by atoms with Crippen LogP contribution in [0.2, 0.25) is 5.02 Å². The van der Waals surface area contributed by atoms with Gasteiger partial charge in [-0.25, -0.2) is 0 Å². The van der Waals surface area contributed by atoms with Crippen LogP contribution in [0.1, 0.15) is 35.3 Å². The summed E-state index contributed by atoms with van der Waals surface area (Å²) in [5.74, 6) is -0.127. The number of hydrogen-bond acceptors (Lipinski definition) is 2. The molecule has 0 fully saturated rings. The molecule has 0 aliphatic carbocycles. The smallest absolute Gasteiger partial charge is 0.253 e. The molecule has 2 aromatic rings. The lowest BCUT2D eigenvalue weighted by molar-refractivity contribution is 0.0936. The third-order valence-electron chi connectivity index (χ3n) is 3.41. The second-order valence-corrected chi connectivity index (χ2v) is 5.22. The van der Waals surface area contributed by atoms with E-state index in [1.165, 1.54) is 0 Å². The number of benzene rings is 2. The third-order valence-corrected chi connectivity index (χ3v) is 3.65. The lowest BCUT2D eigenvalue weighted by Crippen LogP contribution is -2.28. The van der Waals surface area contributed by atoms with Crippen molar-refractivity contribution in [2.24, 2.45) is 0 Å². The van der Waals surface area contributed by atoms with E-state index in [0.717, 1.165) is 17.7 Å². The van der Waals surface area contributed by atoms with Crippen LogP contribution in [0.4, 0.5) is 5.69 Å². The fourth-order valence-electron chi connectivity index (χ4n) is 2.26. The number of anilines is 1. The molecule has 21 heavy (non-hydrogen) atoms. The Morgan fingerprint density at radius 3 is 2.52 bits per heavy atom. The fourth-order valence-corrected chi connectivity index (χ4v) is 2.44. The first kappa shape index (κ1) is 15.4. The van der Waals surface area contributed by atoms with E-state index in [-0.39, 0.29) is 11.9 Å². The second kappa shape index (κ2) is 7.14. The molecule has 4 heteroatoms. The van der Waals surface area contributed by atoms with Crippen LogP contribution in [0, 0.1) is 0 Å². The predicted molar refractivity (Wildman–Crippen MR) is 87.9 cm³/mol. The van der Waals surface area contributed by atoms with E-state index in [2.05, 4.69) is 17.6 Å². The highest BCUT2D eigenvalue weighted by Gasteiger charge is 2.16. The van der Waals surface area contributed by atoms with Crippen molar-refractivity contribution >= 4 is 23.2 Å². The Kier molecular flexibility index (Phi) is 5.23. The van der Waals surface area contributed by atoms with Crippen LogP contribution in [-0.4, -0.2) is 13.0 Å². The molecule has 2 aromatic carbocycles. The SMILES string of the molecule is CCC(NC(=O)c1cc(Cl)ccc1NC)c1ccccc1. The van der Waals surface area contributed by atoms with Crippen molar-refractivity contribution in [1.82, 2.24) is 5.32 Å². The normalized spacial score (nSPS) is 11.8. The van der Waals surface area contributed by atoms with Gasteiger partial charge in [-0.3, -0.25) is 4.79 Å². The zero-order valence-corrected chi connectivity index (χ0v) is 12.9. The van der Waals surface area contributed by atoms with Gasteiger partial charge in [-0.2, -0.15) is 0 Å². The first-order chi connectivity index (χ1) is 10.2. The number of halogens is 1. The molecule has 110 valence electrons. The summed E-state index contributed by atoms with van der Waals surface area (Å²) in [6.45, 7) is 2.05. The van der Waals surface area contributed by atoms with Crippen LogP contribution in [0.25, 0.3) is 0 Å². The highest BCUT2D eigenvalue weighted by Crippen LogP contribution is 2.22. The Balaban J connectivity index is 2.22. The Morgan fingerprint density at radius 2 is 1.90 bits per heavy atom. The molecule has 3 nitrogen and oxygen atoms in total. The van der Waals surface area contributed by atoms with Crippen molar-refractivity contribution in [1.29, 1.82) is 0 Å². The molecular formula is C17H19ClN2O. The zero-order chi connectivity index (χ0) is 15.2. The molecule has 1 atom stereocenters. The second-order valence-electron chi connectivity index (χ2n) is 4.78. The van der Waals surface area contributed by atoms with Crippen LogP contribution >= 0.6 is 11.6 Å². The molecule has 0 heterocycles. The van der Waals surface area contributed by atoms with Gasteiger partial charge in [0.2, 0.25) is 0 Å². The van der Waals surface area contributed by atoms with E-state index >= 15 is 0 Å². The number of nitrogens with one attached hydrogen (secondary N) is 2. The Morgan fingerprint density at radius 1 is 1.19 bits per heavy atom. The summed E-state index contributed by atoms with van der Waals surface area (Å²) in [5, 5.41) is 6.63. The minimum Gasteiger partial charge on any atom is -0.387 e. The van der Waals surface area contributed by atoms with Gasteiger partial charge in [0.15, 0.2) is 0 Å². The quantitative estimate of drug-likeness (QED) is 0.866. The zero-order valence-electron chi connectivity index (χ0n) is 12.2. The van der Waals surface area contributed by atoms with Crippen LogP contribution in [0.5, 0.6) is 0 Å². The maximum absolute atomic E-state index is 12.5. The number of rotatable bonds is 5. The molecule has 0 radical (unpaired) electrons. The van der Waals surface area contributed by atoms with Crippen molar-refractivity contribution < 1.29 is 4.79 Å². The van der Waals surface area contributed by atoms with Gasteiger partial charge in [0.25, 0.3) is 5.91 Å². The van der Waals surface area contributed by atoms with Gasteiger partial charge < -0.3 is 10.6 Å². The lowest BCUT2D eigenvalue weighted by Gasteiger charge is -2.18. The van der Waals surface area contributed by atoms with Crippen LogP contribution < -0.4 is 10.6 Å². The molecule has 1 amide bonds. The van der Waals surface area contributed by atoms with E-state index < -0.39 is 0 Å². The monoisotopic (exact) mass is 302 g/mol. The number of hydrogen-bond donors (Lipinski definition) is 2. The summed E-state index contributed by atoms with van der Waals surface area (Å²) in [5.41, 5.74) is 2.42. The summed E-state index contributed by atoms with van der Waals surface area (Å²) in [7, 11) is 1.79. The molecule has 0 aliphatic rings. The van der Waals surface area contributed by atoms with Gasteiger partial charge in [0.1, 0.15) is 0 Å². The maximum Gasteiger partial charge on any atom is 0.253 e. The van der Waals surface area contributed by atoms with Gasteiger partial charge in [-0.05, 0) is 30.2 Å². The lowest BCUT2D eigenvalue weighted by atomic mass is 10.0.